The topological polar surface area (TPSA) is 105 Å². The fourth-order valence-corrected chi connectivity index (χ4v) is 2.29. The van der Waals surface area contributed by atoms with E-state index in [1.165, 1.54) is 0 Å². The predicted molar refractivity (Wildman–Crippen MR) is 97.0 cm³/mol. The highest BCUT2D eigenvalue weighted by atomic mass is 16.5. The van der Waals surface area contributed by atoms with Gasteiger partial charge in [-0.25, -0.2) is 0 Å². The number of rotatable bonds is 8. The molecular formula is C19H25N3O4. The number of hydrogen-bond donors (Lipinski definition) is 2. The zero-order chi connectivity index (χ0) is 19.2. The summed E-state index contributed by atoms with van der Waals surface area (Å²) in [6.45, 7) is 6.05. The highest BCUT2D eigenvalue weighted by molar-refractivity contribution is 5.90. The van der Waals surface area contributed by atoms with Gasteiger partial charge in [0.05, 0.1) is 0 Å². The molecule has 1 heterocycles. The van der Waals surface area contributed by atoms with E-state index in [4.69, 9.17) is 9.63 Å². The highest BCUT2D eigenvalue weighted by Crippen LogP contribution is 2.19. The van der Waals surface area contributed by atoms with Gasteiger partial charge in [-0.3, -0.25) is 9.59 Å². The van der Waals surface area contributed by atoms with Crippen molar-refractivity contribution in [2.24, 2.45) is 0 Å². The number of hydrogen-bond acceptors (Lipinski definition) is 5. The van der Waals surface area contributed by atoms with E-state index in [-0.39, 0.29) is 17.7 Å². The minimum Gasteiger partial charge on any atom is -0.481 e. The molecule has 0 bridgehead atoms. The maximum Gasteiger partial charge on any atom is 0.303 e. The zero-order valence-corrected chi connectivity index (χ0v) is 15.4. The summed E-state index contributed by atoms with van der Waals surface area (Å²) < 4.78 is 5.21. The number of carbonyl (C=O) groups is 2. The number of aryl methyl sites for hydroxylation is 2. The fraction of sp³-hybridized carbons (Fsp3) is 0.474. The van der Waals surface area contributed by atoms with Gasteiger partial charge in [-0.2, -0.15) is 4.98 Å². The lowest BCUT2D eigenvalue weighted by molar-refractivity contribution is -0.137. The second-order valence-electron chi connectivity index (χ2n) is 7.25. The zero-order valence-electron chi connectivity index (χ0n) is 15.4. The molecule has 140 valence electrons. The first-order valence-electron chi connectivity index (χ1n) is 8.67. The second-order valence-corrected chi connectivity index (χ2v) is 7.25. The molecule has 1 aromatic carbocycles. The van der Waals surface area contributed by atoms with Crippen molar-refractivity contribution in [3.63, 3.8) is 0 Å². The van der Waals surface area contributed by atoms with Gasteiger partial charge in [0, 0.05) is 30.4 Å². The Balaban J connectivity index is 1.75. The summed E-state index contributed by atoms with van der Waals surface area (Å²) in [7, 11) is 0. The third-order valence-corrected chi connectivity index (χ3v) is 3.80. The normalized spacial score (nSPS) is 11.3. The number of aliphatic carboxylic acids is 1. The van der Waals surface area contributed by atoms with Crippen LogP contribution in [0.1, 0.15) is 57.3 Å². The van der Waals surface area contributed by atoms with Crippen molar-refractivity contribution in [2.75, 3.05) is 5.32 Å². The molecule has 0 aliphatic heterocycles. The molecule has 2 rings (SSSR count). The molecule has 0 fully saturated rings. The van der Waals surface area contributed by atoms with Gasteiger partial charge >= 0.3 is 5.97 Å². The molecule has 0 saturated carbocycles. The summed E-state index contributed by atoms with van der Waals surface area (Å²) in [4.78, 5) is 26.9. The minimum absolute atomic E-state index is 0.0844. The molecule has 0 atom stereocenters. The Morgan fingerprint density at radius 2 is 1.81 bits per heavy atom. The molecule has 0 spiro atoms. The van der Waals surface area contributed by atoms with Crippen LogP contribution in [0.3, 0.4) is 0 Å². The third kappa shape index (κ3) is 6.31. The van der Waals surface area contributed by atoms with E-state index in [9.17, 15) is 9.59 Å². The Labute approximate surface area is 152 Å². The Bertz CT molecular complexity index is 745. The second kappa shape index (κ2) is 8.60. The molecule has 0 radical (unpaired) electrons. The summed E-state index contributed by atoms with van der Waals surface area (Å²) >= 11 is 0. The van der Waals surface area contributed by atoms with E-state index in [1.807, 2.05) is 32.9 Å². The van der Waals surface area contributed by atoms with Gasteiger partial charge in [-0.05, 0) is 30.5 Å². The van der Waals surface area contributed by atoms with Crippen LogP contribution in [0.15, 0.2) is 28.8 Å². The van der Waals surface area contributed by atoms with E-state index in [0.717, 1.165) is 5.56 Å². The molecule has 0 aliphatic rings. The first-order chi connectivity index (χ1) is 12.2. The number of carboxylic acid groups (broad SMARTS) is 1. The van der Waals surface area contributed by atoms with Crippen molar-refractivity contribution in [3.05, 3.63) is 41.5 Å². The maximum absolute atomic E-state index is 12.0. The summed E-state index contributed by atoms with van der Waals surface area (Å²) in [5.74, 6) is 0.308. The summed E-state index contributed by atoms with van der Waals surface area (Å²) in [6.07, 6.45) is 2.11. The average Bonchev–Trinajstić information content (AvgIpc) is 3.03. The Kier molecular flexibility index (Phi) is 6.49. The molecule has 0 saturated heterocycles. The number of aromatic nitrogens is 2. The van der Waals surface area contributed by atoms with Crippen molar-refractivity contribution in [1.29, 1.82) is 0 Å². The van der Waals surface area contributed by atoms with Crippen LogP contribution >= 0.6 is 0 Å². The number of carbonyl (C=O) groups excluding carboxylic acids is 1. The van der Waals surface area contributed by atoms with Crippen molar-refractivity contribution >= 4 is 17.6 Å². The number of carboxylic acids is 1. The quantitative estimate of drug-likeness (QED) is 0.749. The van der Waals surface area contributed by atoms with Gasteiger partial charge in [0.25, 0.3) is 0 Å². The average molecular weight is 359 g/mol. The van der Waals surface area contributed by atoms with Gasteiger partial charge in [0.1, 0.15) is 0 Å². The number of benzene rings is 1. The van der Waals surface area contributed by atoms with E-state index in [0.29, 0.717) is 43.1 Å². The van der Waals surface area contributed by atoms with E-state index < -0.39 is 5.97 Å². The molecule has 0 unspecified atom stereocenters. The molecule has 0 aliphatic carbocycles. The summed E-state index contributed by atoms with van der Waals surface area (Å²) in [5, 5.41) is 15.5. The first kappa shape index (κ1) is 19.6. The standard InChI is InChI=1S/C19H25N3O4/c1-19(2,3)18-21-16(26-22-18)6-4-5-15(23)20-14-10-7-13(8-11-14)9-12-17(24)25/h7-8,10-11H,4-6,9,12H2,1-3H3,(H,20,23)(H,24,25). The smallest absolute Gasteiger partial charge is 0.303 e. The number of nitrogens with zero attached hydrogens (tertiary/aromatic N) is 2. The monoisotopic (exact) mass is 359 g/mol. The molecule has 2 N–H and O–H groups in total. The van der Waals surface area contributed by atoms with Crippen LogP contribution < -0.4 is 5.32 Å². The number of amides is 1. The maximum atomic E-state index is 12.0. The molecule has 1 aromatic heterocycles. The van der Waals surface area contributed by atoms with E-state index in [2.05, 4.69) is 15.5 Å². The molecule has 7 heteroatoms. The Morgan fingerprint density at radius 3 is 2.38 bits per heavy atom. The van der Waals surface area contributed by atoms with Crippen molar-refractivity contribution < 1.29 is 19.2 Å². The lowest BCUT2D eigenvalue weighted by atomic mass is 9.96. The van der Waals surface area contributed by atoms with Gasteiger partial charge < -0.3 is 14.9 Å². The van der Waals surface area contributed by atoms with E-state index >= 15 is 0 Å². The number of nitrogens with one attached hydrogen (secondary N) is 1. The van der Waals surface area contributed by atoms with Crippen molar-refractivity contribution in [2.45, 2.75) is 58.3 Å². The molecule has 26 heavy (non-hydrogen) atoms. The molecule has 7 nitrogen and oxygen atoms in total. The van der Waals surface area contributed by atoms with Crippen LogP contribution in [-0.2, 0) is 27.8 Å². The molecule has 1 amide bonds. The lowest BCUT2D eigenvalue weighted by Crippen LogP contribution is -2.13. The van der Waals surface area contributed by atoms with Gasteiger partial charge in [0.2, 0.25) is 11.8 Å². The van der Waals surface area contributed by atoms with Gasteiger partial charge in [0.15, 0.2) is 5.82 Å². The summed E-state index contributed by atoms with van der Waals surface area (Å²) in [5.41, 5.74) is 1.47. The van der Waals surface area contributed by atoms with Crippen LogP contribution in [0.2, 0.25) is 0 Å². The summed E-state index contributed by atoms with van der Waals surface area (Å²) in [6, 6.07) is 7.21. The molecular weight excluding hydrogens is 334 g/mol. The molecule has 2 aromatic rings. The van der Waals surface area contributed by atoms with Crippen LogP contribution in [0, 0.1) is 0 Å². The van der Waals surface area contributed by atoms with Gasteiger partial charge in [-0.15, -0.1) is 0 Å². The van der Waals surface area contributed by atoms with E-state index in [1.54, 1.807) is 12.1 Å². The Hall–Kier alpha value is -2.70. The Morgan fingerprint density at radius 1 is 1.12 bits per heavy atom. The first-order valence-corrected chi connectivity index (χ1v) is 8.67. The predicted octanol–water partition coefficient (Wildman–Crippen LogP) is 3.35. The lowest BCUT2D eigenvalue weighted by Gasteiger charge is -2.10. The fourth-order valence-electron chi connectivity index (χ4n) is 2.29. The van der Waals surface area contributed by atoms with Crippen LogP contribution in [0.5, 0.6) is 0 Å². The van der Waals surface area contributed by atoms with Gasteiger partial charge in [-0.1, -0.05) is 38.1 Å². The highest BCUT2D eigenvalue weighted by Gasteiger charge is 2.20. The van der Waals surface area contributed by atoms with Crippen LogP contribution in [-0.4, -0.2) is 27.1 Å². The SMILES string of the molecule is CC(C)(C)c1noc(CCCC(=O)Nc2ccc(CCC(=O)O)cc2)n1. The van der Waals surface area contributed by atoms with Crippen molar-refractivity contribution in [1.82, 2.24) is 10.1 Å². The van der Waals surface area contributed by atoms with Crippen LogP contribution in [0.25, 0.3) is 0 Å². The minimum atomic E-state index is -0.821. The van der Waals surface area contributed by atoms with Crippen LogP contribution in [0.4, 0.5) is 5.69 Å². The number of anilines is 1. The largest absolute Gasteiger partial charge is 0.481 e. The third-order valence-electron chi connectivity index (χ3n) is 3.80. The van der Waals surface area contributed by atoms with Crippen molar-refractivity contribution in [3.8, 4) is 0 Å².